The van der Waals surface area contributed by atoms with Crippen LogP contribution in [-0.4, -0.2) is 38.1 Å². The van der Waals surface area contributed by atoms with Gasteiger partial charge in [0.15, 0.2) is 0 Å². The van der Waals surface area contributed by atoms with Gasteiger partial charge in [0.05, 0.1) is 6.61 Å². The van der Waals surface area contributed by atoms with E-state index >= 15 is 0 Å². The fourth-order valence-electron chi connectivity index (χ4n) is 10.9. The number of carbonyl (C=O) groups is 1. The summed E-state index contributed by atoms with van der Waals surface area (Å²) >= 11 is 0. The molecule has 3 heteroatoms. The molecule has 0 saturated heterocycles. The molecule has 0 aliphatic carbocycles. The van der Waals surface area contributed by atoms with Crippen molar-refractivity contribution in [2.75, 3.05) is 27.2 Å². The lowest BCUT2D eigenvalue weighted by molar-refractivity contribution is -0.145. The first-order chi connectivity index (χ1) is 31.8. The molecule has 4 atom stereocenters. The molecule has 0 spiro atoms. The minimum absolute atomic E-state index is 0.0135. The summed E-state index contributed by atoms with van der Waals surface area (Å²) in [5.74, 6) is 3.01. The highest BCUT2D eigenvalue weighted by Gasteiger charge is 2.17. The normalized spacial score (nSPS) is 13.7. The van der Waals surface area contributed by atoms with Crippen molar-refractivity contribution in [1.29, 1.82) is 0 Å². The smallest absolute Gasteiger partial charge is 0.305 e. The van der Waals surface area contributed by atoms with Gasteiger partial charge in [0, 0.05) is 6.42 Å². The molecule has 3 nitrogen and oxygen atoms in total. The second kappa shape index (κ2) is 52.8. The summed E-state index contributed by atoms with van der Waals surface area (Å²) in [6.45, 7) is 13.3. The highest BCUT2D eigenvalue weighted by atomic mass is 16.5. The van der Waals surface area contributed by atoms with E-state index in [1.54, 1.807) is 0 Å². The van der Waals surface area contributed by atoms with Crippen molar-refractivity contribution in [2.45, 2.75) is 343 Å². The van der Waals surface area contributed by atoms with Gasteiger partial charge in [-0.05, 0) is 63.6 Å². The average Bonchev–Trinajstić information content (AvgIpc) is 3.28. The maximum atomic E-state index is 12.3. The third-order valence-corrected chi connectivity index (χ3v) is 15.2. The maximum absolute atomic E-state index is 12.3. The van der Waals surface area contributed by atoms with Gasteiger partial charge in [-0.1, -0.05) is 317 Å². The molecule has 0 aromatic carbocycles. The van der Waals surface area contributed by atoms with E-state index in [1.165, 1.54) is 295 Å². The first-order valence-corrected chi connectivity index (χ1v) is 30.6. The van der Waals surface area contributed by atoms with Gasteiger partial charge in [0.25, 0.3) is 0 Å². The van der Waals surface area contributed by atoms with Gasteiger partial charge in [-0.25, -0.2) is 0 Å². The molecule has 0 aromatic heterocycles. The van der Waals surface area contributed by atoms with Gasteiger partial charge in [0.2, 0.25) is 0 Å². The zero-order valence-corrected chi connectivity index (χ0v) is 46.4. The lowest BCUT2D eigenvalue weighted by atomic mass is 9.83. The molecule has 0 aromatic rings. The SMILES string of the molecule is CCCCCCCCCCCCCCCCCCC(CCCCCCCCC(CCCCCCCCCC)CCCCCCCCCCC)CC(C)CC(C)COC(=O)CCCN(C)C. The minimum Gasteiger partial charge on any atom is -0.465 e. The number of esters is 1. The number of hydrogen-bond acceptors (Lipinski definition) is 3. The van der Waals surface area contributed by atoms with Gasteiger partial charge < -0.3 is 9.64 Å². The van der Waals surface area contributed by atoms with E-state index in [4.69, 9.17) is 4.74 Å². The maximum Gasteiger partial charge on any atom is 0.305 e. The first-order valence-electron chi connectivity index (χ1n) is 30.6. The molecule has 0 aliphatic heterocycles. The van der Waals surface area contributed by atoms with Crippen LogP contribution < -0.4 is 0 Å². The van der Waals surface area contributed by atoms with Crippen molar-refractivity contribution in [1.82, 2.24) is 4.90 Å². The van der Waals surface area contributed by atoms with Crippen LogP contribution in [0.15, 0.2) is 0 Å². The fraction of sp³-hybridized carbons (Fsp3) is 0.984. The Labute approximate surface area is 412 Å². The molecule has 390 valence electrons. The Morgan fingerprint density at radius 2 is 0.631 bits per heavy atom. The van der Waals surface area contributed by atoms with Crippen LogP contribution in [0, 0.1) is 23.7 Å². The largest absolute Gasteiger partial charge is 0.465 e. The summed E-state index contributed by atoms with van der Waals surface area (Å²) in [7, 11) is 4.13. The van der Waals surface area contributed by atoms with Crippen molar-refractivity contribution in [3.8, 4) is 0 Å². The Morgan fingerprint density at radius 3 is 0.923 bits per heavy atom. The molecule has 4 unspecified atom stereocenters. The van der Waals surface area contributed by atoms with E-state index in [9.17, 15) is 4.79 Å². The molecule has 0 saturated carbocycles. The Bertz CT molecular complexity index is 903. The number of rotatable bonds is 55. The van der Waals surface area contributed by atoms with Crippen LogP contribution in [0.2, 0.25) is 0 Å². The van der Waals surface area contributed by atoms with Crippen molar-refractivity contribution >= 4 is 5.97 Å². The molecular formula is C62H125NO2. The molecule has 0 rings (SSSR count). The van der Waals surface area contributed by atoms with Crippen molar-refractivity contribution < 1.29 is 9.53 Å². The predicted molar refractivity (Wildman–Crippen MR) is 293 cm³/mol. The standard InChI is InChI=1S/C62H125NO2/c1-8-11-14-17-20-23-24-25-26-27-28-29-31-34-40-45-51-61(56-58(4)55-59(5)57-65-62(64)53-47-54-63(6)7)52-46-41-36-35-39-44-50-60(48-42-37-32-22-19-16-13-10-3)49-43-38-33-30-21-18-15-12-9-2/h58-61H,8-57H2,1-7H3. The first kappa shape index (κ1) is 64.4. The van der Waals surface area contributed by atoms with Gasteiger partial charge in [0.1, 0.15) is 0 Å². The summed E-state index contributed by atoms with van der Waals surface area (Å²) in [5, 5.41) is 0. The topological polar surface area (TPSA) is 29.5 Å². The summed E-state index contributed by atoms with van der Waals surface area (Å²) in [6.07, 6.45) is 67.9. The zero-order valence-electron chi connectivity index (χ0n) is 46.4. The van der Waals surface area contributed by atoms with Crippen LogP contribution in [0.5, 0.6) is 0 Å². The molecule has 0 N–H and O–H groups in total. The molecule has 0 bridgehead atoms. The molecule has 0 fully saturated rings. The third-order valence-electron chi connectivity index (χ3n) is 15.2. The summed E-state index contributed by atoms with van der Waals surface area (Å²) in [4.78, 5) is 14.5. The molecule has 0 radical (unpaired) electrons. The van der Waals surface area contributed by atoms with Crippen LogP contribution in [0.1, 0.15) is 343 Å². The fourth-order valence-corrected chi connectivity index (χ4v) is 10.9. The van der Waals surface area contributed by atoms with Crippen molar-refractivity contribution in [3.05, 3.63) is 0 Å². The lowest BCUT2D eigenvalue weighted by Crippen LogP contribution is -2.18. The number of nitrogens with zero attached hydrogens (tertiary/aromatic N) is 1. The van der Waals surface area contributed by atoms with Gasteiger partial charge >= 0.3 is 5.97 Å². The molecule has 0 aliphatic rings. The minimum atomic E-state index is -0.0135. The molecular weight excluding hydrogens is 791 g/mol. The van der Waals surface area contributed by atoms with E-state index in [0.29, 0.717) is 24.9 Å². The second-order valence-corrected chi connectivity index (χ2v) is 22.7. The number of unbranched alkanes of at least 4 members (excludes halogenated alkanes) is 35. The van der Waals surface area contributed by atoms with Crippen LogP contribution in [-0.2, 0) is 9.53 Å². The highest BCUT2D eigenvalue weighted by molar-refractivity contribution is 5.69. The van der Waals surface area contributed by atoms with Gasteiger partial charge in [-0.2, -0.15) is 0 Å². The quantitative estimate of drug-likeness (QED) is 0.0450. The number of carbonyl (C=O) groups excluding carboxylic acids is 1. The second-order valence-electron chi connectivity index (χ2n) is 22.7. The number of hydrogen-bond donors (Lipinski definition) is 0. The van der Waals surface area contributed by atoms with Crippen molar-refractivity contribution in [3.63, 3.8) is 0 Å². The Balaban J connectivity index is 4.64. The summed E-state index contributed by atoms with van der Waals surface area (Å²) in [6, 6.07) is 0. The van der Waals surface area contributed by atoms with Crippen molar-refractivity contribution in [2.24, 2.45) is 23.7 Å². The van der Waals surface area contributed by atoms with E-state index < -0.39 is 0 Å². The Hall–Kier alpha value is -0.570. The van der Waals surface area contributed by atoms with Crippen LogP contribution in [0.3, 0.4) is 0 Å². The van der Waals surface area contributed by atoms with E-state index in [2.05, 4.69) is 53.6 Å². The van der Waals surface area contributed by atoms with Crippen LogP contribution in [0.25, 0.3) is 0 Å². The highest BCUT2D eigenvalue weighted by Crippen LogP contribution is 2.29. The van der Waals surface area contributed by atoms with E-state index in [0.717, 1.165) is 24.8 Å². The summed E-state index contributed by atoms with van der Waals surface area (Å²) < 4.78 is 5.71. The predicted octanol–water partition coefficient (Wildman–Crippen LogP) is 21.4. The lowest BCUT2D eigenvalue weighted by Gasteiger charge is -2.23. The Morgan fingerprint density at radius 1 is 0.354 bits per heavy atom. The van der Waals surface area contributed by atoms with E-state index in [-0.39, 0.29) is 5.97 Å². The zero-order chi connectivity index (χ0) is 47.5. The molecule has 0 amide bonds. The van der Waals surface area contributed by atoms with Crippen LogP contribution >= 0.6 is 0 Å². The van der Waals surface area contributed by atoms with Gasteiger partial charge in [-0.3, -0.25) is 4.79 Å². The Kier molecular flexibility index (Phi) is 52.3. The number of ether oxygens (including phenoxy) is 1. The molecule has 0 heterocycles. The van der Waals surface area contributed by atoms with Gasteiger partial charge in [-0.15, -0.1) is 0 Å². The summed E-state index contributed by atoms with van der Waals surface area (Å²) in [5.41, 5.74) is 0. The monoisotopic (exact) mass is 916 g/mol. The van der Waals surface area contributed by atoms with Crippen LogP contribution in [0.4, 0.5) is 0 Å². The molecule has 65 heavy (non-hydrogen) atoms. The third kappa shape index (κ3) is 51.1. The average molecular weight is 917 g/mol. The van der Waals surface area contributed by atoms with E-state index in [1.807, 2.05) is 0 Å².